The first-order valence-corrected chi connectivity index (χ1v) is 5.84. The van der Waals surface area contributed by atoms with Gasteiger partial charge in [0.1, 0.15) is 0 Å². The number of hydrogen-bond donors (Lipinski definition) is 0. The molecule has 0 fully saturated rings. The predicted octanol–water partition coefficient (Wildman–Crippen LogP) is 4.17. The Morgan fingerprint density at radius 2 is 1.94 bits per heavy atom. The minimum Gasteiger partial charge on any atom is -0.266 e. The zero-order valence-electron chi connectivity index (χ0n) is 10.8. The van der Waals surface area contributed by atoms with Crippen molar-refractivity contribution in [1.29, 1.82) is 0 Å². The first-order valence-electron chi connectivity index (χ1n) is 5.84. The van der Waals surface area contributed by atoms with Crippen LogP contribution in [0.1, 0.15) is 39.2 Å². The molecule has 0 unspecified atom stereocenters. The fourth-order valence-electron chi connectivity index (χ4n) is 1.06. The van der Waals surface area contributed by atoms with Gasteiger partial charge in [-0.15, -0.1) is 0 Å². The third-order valence-corrected chi connectivity index (χ3v) is 1.88. The van der Waals surface area contributed by atoms with Crippen LogP contribution in [0, 0.1) is 6.92 Å². The molecular formula is C14H22N2. The van der Waals surface area contributed by atoms with Crippen LogP contribution in [0.4, 0.5) is 0 Å². The molecule has 2 heterocycles. The van der Waals surface area contributed by atoms with Gasteiger partial charge in [-0.1, -0.05) is 26.0 Å². The molecule has 0 aromatic carbocycles. The molecule has 16 heavy (non-hydrogen) atoms. The monoisotopic (exact) mass is 218 g/mol. The van der Waals surface area contributed by atoms with Crippen LogP contribution in [0.5, 0.6) is 0 Å². The average Bonchev–Trinajstić information content (AvgIpc) is 2.34. The van der Waals surface area contributed by atoms with Crippen LogP contribution < -0.4 is 0 Å². The normalized spacial score (nSPS) is 12.6. The number of pyridine rings is 1. The van der Waals surface area contributed by atoms with Crippen molar-refractivity contribution in [1.82, 2.24) is 4.98 Å². The van der Waals surface area contributed by atoms with Crippen molar-refractivity contribution in [2.45, 2.75) is 40.5 Å². The van der Waals surface area contributed by atoms with Gasteiger partial charge in [0.25, 0.3) is 0 Å². The Kier molecular flexibility index (Phi) is 9.18. The van der Waals surface area contributed by atoms with Crippen LogP contribution in [-0.4, -0.2) is 10.7 Å². The second-order valence-electron chi connectivity index (χ2n) is 3.32. The van der Waals surface area contributed by atoms with E-state index in [1.807, 2.05) is 45.3 Å². The van der Waals surface area contributed by atoms with Gasteiger partial charge >= 0.3 is 0 Å². The van der Waals surface area contributed by atoms with Gasteiger partial charge in [0.2, 0.25) is 0 Å². The summed E-state index contributed by atoms with van der Waals surface area (Å²) in [6, 6.07) is 3.95. The minimum absolute atomic E-state index is 1.15. The fraction of sp³-hybridized carbons (Fsp3) is 0.429. The zero-order valence-corrected chi connectivity index (χ0v) is 10.8. The molecule has 1 aromatic rings. The Morgan fingerprint density at radius 1 is 1.19 bits per heavy atom. The smallest absolute Gasteiger partial charge is 0.0297 e. The maximum absolute atomic E-state index is 4.07. The summed E-state index contributed by atoms with van der Waals surface area (Å²) in [5.74, 6) is 0. The highest BCUT2D eigenvalue weighted by Gasteiger charge is 1.90. The van der Waals surface area contributed by atoms with E-state index in [4.69, 9.17) is 0 Å². The molecule has 2 nitrogen and oxygen atoms in total. The zero-order chi connectivity index (χ0) is 12.2. The number of aromatic nitrogens is 1. The Bertz CT molecular complexity index is 313. The number of aryl methyl sites for hydroxylation is 1. The lowest BCUT2D eigenvalue weighted by Gasteiger charge is -1.97. The SMILES string of the molecule is CC.CC1=NC=CCC1.Cc1cccnc1. The second kappa shape index (κ2) is 10.1. The topological polar surface area (TPSA) is 25.2 Å². The van der Waals surface area contributed by atoms with E-state index in [1.54, 1.807) is 6.20 Å². The highest BCUT2D eigenvalue weighted by molar-refractivity contribution is 5.83. The third kappa shape index (κ3) is 7.92. The largest absolute Gasteiger partial charge is 0.266 e. The summed E-state index contributed by atoms with van der Waals surface area (Å²) in [6.07, 6.45) is 9.89. The number of rotatable bonds is 0. The van der Waals surface area contributed by atoms with E-state index < -0.39 is 0 Å². The summed E-state index contributed by atoms with van der Waals surface area (Å²) < 4.78 is 0. The van der Waals surface area contributed by atoms with Crippen LogP contribution in [0.15, 0.2) is 41.8 Å². The molecule has 0 radical (unpaired) electrons. The van der Waals surface area contributed by atoms with Gasteiger partial charge in [-0.3, -0.25) is 9.98 Å². The number of aliphatic imine (C=N–C) groups is 1. The first-order chi connectivity index (χ1) is 7.79. The van der Waals surface area contributed by atoms with Crippen LogP contribution in [0.2, 0.25) is 0 Å². The Morgan fingerprint density at radius 3 is 2.19 bits per heavy atom. The maximum Gasteiger partial charge on any atom is 0.0297 e. The van der Waals surface area contributed by atoms with E-state index in [0.717, 1.165) is 6.42 Å². The molecule has 0 atom stereocenters. The second-order valence-corrected chi connectivity index (χ2v) is 3.32. The summed E-state index contributed by atoms with van der Waals surface area (Å²) in [5.41, 5.74) is 2.46. The van der Waals surface area contributed by atoms with Crippen molar-refractivity contribution in [2.75, 3.05) is 0 Å². The van der Waals surface area contributed by atoms with Gasteiger partial charge in [-0.25, -0.2) is 0 Å². The van der Waals surface area contributed by atoms with Gasteiger partial charge < -0.3 is 0 Å². The summed E-state index contributed by atoms with van der Waals surface area (Å²) >= 11 is 0. The standard InChI is InChI=1S/C6H7N.C6H9N.C2H6/c1-6-3-2-4-7-5-6;1-6-4-2-3-5-7-6;1-2/h2-5H,1H3;3,5H,2,4H2,1H3;1-2H3. The summed E-state index contributed by atoms with van der Waals surface area (Å²) in [5, 5.41) is 0. The number of allylic oxidation sites excluding steroid dienone is 1. The Labute approximate surface area is 99.1 Å². The van der Waals surface area contributed by atoms with Crippen molar-refractivity contribution in [3.63, 3.8) is 0 Å². The molecular weight excluding hydrogens is 196 g/mol. The minimum atomic E-state index is 1.15. The molecule has 2 heteroatoms. The highest BCUT2D eigenvalue weighted by Crippen LogP contribution is 2.00. The van der Waals surface area contributed by atoms with Crippen molar-refractivity contribution in [3.8, 4) is 0 Å². The van der Waals surface area contributed by atoms with Gasteiger partial charge in [-0.05, 0) is 38.3 Å². The number of nitrogens with zero attached hydrogens (tertiary/aromatic N) is 2. The van der Waals surface area contributed by atoms with E-state index >= 15 is 0 Å². The van der Waals surface area contributed by atoms with E-state index in [0.29, 0.717) is 0 Å². The fourth-order valence-corrected chi connectivity index (χ4v) is 1.06. The maximum atomic E-state index is 4.07. The molecule has 2 rings (SSSR count). The van der Waals surface area contributed by atoms with E-state index in [2.05, 4.69) is 23.0 Å². The van der Waals surface area contributed by atoms with Crippen LogP contribution in [-0.2, 0) is 0 Å². The molecule has 0 saturated heterocycles. The lowest BCUT2D eigenvalue weighted by molar-refractivity contribution is 1.05. The van der Waals surface area contributed by atoms with Crippen molar-refractivity contribution in [2.24, 2.45) is 4.99 Å². The summed E-state index contributed by atoms with van der Waals surface area (Å²) in [6.45, 7) is 8.08. The van der Waals surface area contributed by atoms with E-state index in [-0.39, 0.29) is 0 Å². The molecule has 0 aliphatic carbocycles. The molecule has 1 aliphatic heterocycles. The molecule has 1 aromatic heterocycles. The van der Waals surface area contributed by atoms with Crippen molar-refractivity contribution in [3.05, 3.63) is 42.4 Å². The number of hydrogen-bond acceptors (Lipinski definition) is 2. The van der Waals surface area contributed by atoms with Crippen LogP contribution in [0.3, 0.4) is 0 Å². The summed E-state index contributed by atoms with van der Waals surface area (Å²) in [7, 11) is 0. The quantitative estimate of drug-likeness (QED) is 0.641. The molecule has 0 spiro atoms. The van der Waals surface area contributed by atoms with Crippen LogP contribution >= 0.6 is 0 Å². The lowest BCUT2D eigenvalue weighted by Crippen LogP contribution is -1.91. The molecule has 88 valence electrons. The van der Waals surface area contributed by atoms with Gasteiger partial charge in [0, 0.05) is 24.3 Å². The predicted molar refractivity (Wildman–Crippen MR) is 71.8 cm³/mol. The Balaban J connectivity index is 0.000000244. The van der Waals surface area contributed by atoms with E-state index in [1.165, 1.54) is 17.7 Å². The van der Waals surface area contributed by atoms with Crippen LogP contribution in [0.25, 0.3) is 0 Å². The molecule has 0 N–H and O–H groups in total. The van der Waals surface area contributed by atoms with Gasteiger partial charge in [-0.2, -0.15) is 0 Å². The average molecular weight is 218 g/mol. The van der Waals surface area contributed by atoms with Gasteiger partial charge in [0.15, 0.2) is 0 Å². The molecule has 0 amide bonds. The Hall–Kier alpha value is -1.44. The van der Waals surface area contributed by atoms with E-state index in [9.17, 15) is 0 Å². The highest BCUT2D eigenvalue weighted by atomic mass is 14.7. The first kappa shape index (κ1) is 14.6. The molecule has 1 aliphatic rings. The van der Waals surface area contributed by atoms with Crippen molar-refractivity contribution >= 4 is 5.71 Å². The molecule has 0 saturated carbocycles. The van der Waals surface area contributed by atoms with Gasteiger partial charge in [0.05, 0.1) is 0 Å². The third-order valence-electron chi connectivity index (χ3n) is 1.88. The summed E-state index contributed by atoms with van der Waals surface area (Å²) in [4.78, 5) is 7.95. The molecule has 0 bridgehead atoms. The lowest BCUT2D eigenvalue weighted by atomic mass is 10.2. The van der Waals surface area contributed by atoms with Crippen molar-refractivity contribution < 1.29 is 0 Å².